The number of carbonyl (C=O) groups excluding carboxylic acids is 1. The normalized spacial score (nSPS) is 17.4. The lowest BCUT2D eigenvalue weighted by Crippen LogP contribution is -2.53. The average molecular weight is 248 g/mol. The Balaban J connectivity index is 1.82. The number of likely N-dealkylation sites (N-methyl/N-ethyl adjacent to an activating group) is 1. The van der Waals surface area contributed by atoms with E-state index in [0.29, 0.717) is 0 Å². The van der Waals surface area contributed by atoms with Crippen LogP contribution in [0.25, 0.3) is 0 Å². The van der Waals surface area contributed by atoms with E-state index in [4.69, 9.17) is 0 Å². The van der Waals surface area contributed by atoms with Crippen LogP contribution in [-0.2, 0) is 0 Å². The first-order valence-corrected chi connectivity index (χ1v) is 6.21. The lowest BCUT2D eigenvalue weighted by molar-refractivity contribution is 0.116. The number of hydrogen-bond acceptors (Lipinski definition) is 3. The first kappa shape index (κ1) is 12.9. The number of hydrazine groups is 1. The van der Waals surface area contributed by atoms with Gasteiger partial charge in [-0.15, -0.1) is 0 Å². The van der Waals surface area contributed by atoms with E-state index in [0.717, 1.165) is 37.4 Å². The summed E-state index contributed by atoms with van der Waals surface area (Å²) in [5.74, 6) is 0. The number of rotatable bonds is 2. The second kappa shape index (κ2) is 5.84. The first-order valence-electron chi connectivity index (χ1n) is 6.21. The van der Waals surface area contributed by atoms with E-state index in [-0.39, 0.29) is 6.03 Å². The summed E-state index contributed by atoms with van der Waals surface area (Å²) < 4.78 is 0. The Kier molecular flexibility index (Phi) is 4.17. The van der Waals surface area contributed by atoms with Gasteiger partial charge in [-0.1, -0.05) is 12.1 Å². The van der Waals surface area contributed by atoms with Crippen molar-refractivity contribution in [1.29, 1.82) is 0 Å². The number of carbonyl (C=O) groups is 1. The van der Waals surface area contributed by atoms with Crippen molar-refractivity contribution in [3.8, 4) is 0 Å². The molecule has 1 aromatic rings. The minimum Gasteiger partial charge on any atom is -0.307 e. The van der Waals surface area contributed by atoms with E-state index >= 15 is 0 Å². The maximum Gasteiger partial charge on any atom is 0.333 e. The Labute approximate surface area is 108 Å². The summed E-state index contributed by atoms with van der Waals surface area (Å²) in [7, 11) is 2.09. The van der Waals surface area contributed by atoms with Crippen LogP contribution in [0, 0.1) is 6.92 Å². The number of benzene rings is 1. The Morgan fingerprint density at radius 2 is 1.94 bits per heavy atom. The fourth-order valence-corrected chi connectivity index (χ4v) is 1.94. The molecule has 98 valence electrons. The second-order valence-corrected chi connectivity index (χ2v) is 4.73. The maximum atomic E-state index is 11.8. The molecule has 1 saturated heterocycles. The van der Waals surface area contributed by atoms with Crippen LogP contribution in [0.3, 0.4) is 0 Å². The summed E-state index contributed by atoms with van der Waals surface area (Å²) in [5, 5.41) is 4.79. The summed E-state index contributed by atoms with van der Waals surface area (Å²) in [6.45, 7) is 5.68. The molecule has 5 nitrogen and oxygen atoms in total. The van der Waals surface area contributed by atoms with Crippen molar-refractivity contribution < 1.29 is 4.79 Å². The fourth-order valence-electron chi connectivity index (χ4n) is 1.94. The van der Waals surface area contributed by atoms with Crippen molar-refractivity contribution in [3.63, 3.8) is 0 Å². The molecule has 2 rings (SSSR count). The molecular weight excluding hydrogens is 228 g/mol. The highest BCUT2D eigenvalue weighted by molar-refractivity contribution is 5.88. The van der Waals surface area contributed by atoms with Crippen LogP contribution in [0.4, 0.5) is 10.5 Å². The molecule has 1 aliphatic rings. The van der Waals surface area contributed by atoms with Gasteiger partial charge in [-0.25, -0.2) is 9.80 Å². The summed E-state index contributed by atoms with van der Waals surface area (Å²) in [4.78, 5) is 14.0. The van der Waals surface area contributed by atoms with E-state index in [1.165, 1.54) is 0 Å². The summed E-state index contributed by atoms with van der Waals surface area (Å²) >= 11 is 0. The Morgan fingerprint density at radius 1 is 1.22 bits per heavy atom. The van der Waals surface area contributed by atoms with Crippen molar-refractivity contribution in [2.75, 3.05) is 38.5 Å². The van der Waals surface area contributed by atoms with Crippen LogP contribution in [-0.4, -0.2) is 49.2 Å². The van der Waals surface area contributed by atoms with E-state index in [2.05, 4.69) is 22.7 Å². The SMILES string of the molecule is Cc1cccc(NC(=O)NN2CCN(C)CC2)c1. The summed E-state index contributed by atoms with van der Waals surface area (Å²) in [6, 6.07) is 7.59. The van der Waals surface area contributed by atoms with Gasteiger partial charge >= 0.3 is 6.03 Å². The topological polar surface area (TPSA) is 47.6 Å². The molecule has 1 fully saturated rings. The molecule has 18 heavy (non-hydrogen) atoms. The van der Waals surface area contributed by atoms with Gasteiger partial charge in [0, 0.05) is 31.9 Å². The quantitative estimate of drug-likeness (QED) is 0.829. The molecule has 1 aromatic carbocycles. The molecule has 2 N–H and O–H groups in total. The van der Waals surface area contributed by atoms with Crippen LogP contribution in [0.15, 0.2) is 24.3 Å². The van der Waals surface area contributed by atoms with Crippen LogP contribution in [0.1, 0.15) is 5.56 Å². The highest BCUT2D eigenvalue weighted by Crippen LogP contribution is 2.09. The van der Waals surface area contributed by atoms with Crippen molar-refractivity contribution in [2.24, 2.45) is 0 Å². The molecular formula is C13H20N4O. The van der Waals surface area contributed by atoms with Gasteiger partial charge in [0.15, 0.2) is 0 Å². The van der Waals surface area contributed by atoms with Crippen molar-refractivity contribution in [3.05, 3.63) is 29.8 Å². The molecule has 0 spiro atoms. The number of amides is 2. The van der Waals surface area contributed by atoms with E-state index in [1.54, 1.807) is 0 Å². The minimum absolute atomic E-state index is 0.176. The van der Waals surface area contributed by atoms with E-state index in [9.17, 15) is 4.79 Å². The zero-order valence-electron chi connectivity index (χ0n) is 10.9. The Bertz CT molecular complexity index is 413. The average Bonchev–Trinajstić information content (AvgIpc) is 2.32. The molecule has 2 amide bonds. The molecule has 0 aromatic heterocycles. The molecule has 0 atom stereocenters. The fraction of sp³-hybridized carbons (Fsp3) is 0.462. The number of hydrogen-bond donors (Lipinski definition) is 2. The van der Waals surface area contributed by atoms with Gasteiger partial charge in [-0.3, -0.25) is 5.43 Å². The first-order chi connectivity index (χ1) is 8.63. The number of nitrogens with zero attached hydrogens (tertiary/aromatic N) is 2. The van der Waals surface area contributed by atoms with Crippen molar-refractivity contribution >= 4 is 11.7 Å². The predicted octanol–water partition coefficient (Wildman–Crippen LogP) is 1.28. The highest BCUT2D eigenvalue weighted by atomic mass is 16.2. The zero-order chi connectivity index (χ0) is 13.0. The van der Waals surface area contributed by atoms with Crippen LogP contribution in [0.5, 0.6) is 0 Å². The van der Waals surface area contributed by atoms with Gasteiger partial charge < -0.3 is 10.2 Å². The molecule has 0 bridgehead atoms. The molecule has 0 radical (unpaired) electrons. The number of anilines is 1. The highest BCUT2D eigenvalue weighted by Gasteiger charge is 2.15. The lowest BCUT2D eigenvalue weighted by Gasteiger charge is -2.32. The molecule has 1 aliphatic heterocycles. The van der Waals surface area contributed by atoms with Gasteiger partial charge in [0.05, 0.1) is 0 Å². The second-order valence-electron chi connectivity index (χ2n) is 4.73. The minimum atomic E-state index is -0.176. The van der Waals surface area contributed by atoms with E-state index < -0.39 is 0 Å². The standard InChI is InChI=1S/C13H20N4O/c1-11-4-3-5-12(10-11)14-13(18)15-17-8-6-16(2)7-9-17/h3-5,10H,6-9H2,1-2H3,(H2,14,15,18). The largest absolute Gasteiger partial charge is 0.333 e. The summed E-state index contributed by atoms with van der Waals surface area (Å²) in [5.41, 5.74) is 4.82. The van der Waals surface area contributed by atoms with Crippen LogP contribution in [0.2, 0.25) is 0 Å². The van der Waals surface area contributed by atoms with Gasteiger partial charge in [0.25, 0.3) is 0 Å². The molecule has 0 aliphatic carbocycles. The van der Waals surface area contributed by atoms with Crippen molar-refractivity contribution in [1.82, 2.24) is 15.3 Å². The monoisotopic (exact) mass is 248 g/mol. The molecule has 1 heterocycles. The van der Waals surface area contributed by atoms with Gasteiger partial charge in [0.1, 0.15) is 0 Å². The number of piperazine rings is 1. The molecule has 5 heteroatoms. The third kappa shape index (κ3) is 3.72. The number of nitrogens with one attached hydrogen (secondary N) is 2. The van der Waals surface area contributed by atoms with Crippen LogP contribution < -0.4 is 10.7 Å². The zero-order valence-corrected chi connectivity index (χ0v) is 10.9. The lowest BCUT2D eigenvalue weighted by atomic mass is 10.2. The van der Waals surface area contributed by atoms with Crippen LogP contribution >= 0.6 is 0 Å². The Hall–Kier alpha value is -1.59. The Morgan fingerprint density at radius 3 is 2.61 bits per heavy atom. The smallest absolute Gasteiger partial charge is 0.307 e. The molecule has 0 saturated carbocycles. The number of aryl methyl sites for hydroxylation is 1. The predicted molar refractivity (Wildman–Crippen MR) is 72.4 cm³/mol. The van der Waals surface area contributed by atoms with Gasteiger partial charge in [0.2, 0.25) is 0 Å². The maximum absolute atomic E-state index is 11.8. The van der Waals surface area contributed by atoms with Crippen molar-refractivity contribution in [2.45, 2.75) is 6.92 Å². The van der Waals surface area contributed by atoms with Gasteiger partial charge in [-0.05, 0) is 31.7 Å². The number of urea groups is 1. The molecule has 0 unspecified atom stereocenters. The third-order valence-electron chi connectivity index (χ3n) is 3.04. The van der Waals surface area contributed by atoms with E-state index in [1.807, 2.05) is 36.2 Å². The third-order valence-corrected chi connectivity index (χ3v) is 3.04. The summed E-state index contributed by atoms with van der Waals surface area (Å²) in [6.07, 6.45) is 0. The van der Waals surface area contributed by atoms with Gasteiger partial charge in [-0.2, -0.15) is 0 Å².